The standard InChI is InChI=1S/C19H23ClN2O5S/c1-4-27-18-10-9-16(11-17(18)20)28(24,25)22-13(2)19(23)21-12-14-5-7-15(26-3)8-6-14/h5-11,13,22H,4,12H2,1-3H3,(H,21,23)/t13-/m1/s1. The van der Waals surface area contributed by atoms with Gasteiger partial charge in [-0.15, -0.1) is 0 Å². The van der Waals surface area contributed by atoms with Crippen LogP contribution in [0.3, 0.4) is 0 Å². The SMILES string of the molecule is CCOc1ccc(S(=O)(=O)N[C@H](C)C(=O)NCc2ccc(OC)cc2)cc1Cl. The number of halogens is 1. The van der Waals surface area contributed by atoms with E-state index in [2.05, 4.69) is 10.0 Å². The van der Waals surface area contributed by atoms with Crippen LogP contribution in [0, 0.1) is 0 Å². The summed E-state index contributed by atoms with van der Waals surface area (Å²) in [7, 11) is -2.35. The molecule has 0 aliphatic heterocycles. The number of ether oxygens (including phenoxy) is 2. The highest BCUT2D eigenvalue weighted by molar-refractivity contribution is 7.89. The van der Waals surface area contributed by atoms with E-state index in [9.17, 15) is 13.2 Å². The molecule has 2 rings (SSSR count). The van der Waals surface area contributed by atoms with Crippen LogP contribution in [-0.4, -0.2) is 34.1 Å². The number of carbonyl (C=O) groups is 1. The van der Waals surface area contributed by atoms with Gasteiger partial charge in [0.25, 0.3) is 0 Å². The number of hydrogen-bond acceptors (Lipinski definition) is 5. The molecule has 0 aliphatic rings. The van der Waals surface area contributed by atoms with E-state index in [4.69, 9.17) is 21.1 Å². The molecule has 28 heavy (non-hydrogen) atoms. The van der Waals surface area contributed by atoms with Crippen LogP contribution >= 0.6 is 11.6 Å². The Morgan fingerprint density at radius 1 is 1.18 bits per heavy atom. The van der Waals surface area contributed by atoms with Crippen LogP contribution in [0.15, 0.2) is 47.4 Å². The average molecular weight is 427 g/mol. The fraction of sp³-hybridized carbons (Fsp3) is 0.316. The van der Waals surface area contributed by atoms with Crippen molar-refractivity contribution in [3.8, 4) is 11.5 Å². The lowest BCUT2D eigenvalue weighted by molar-refractivity contribution is -0.122. The van der Waals surface area contributed by atoms with Gasteiger partial charge in [-0.25, -0.2) is 8.42 Å². The molecule has 0 radical (unpaired) electrons. The molecule has 1 amide bonds. The van der Waals surface area contributed by atoms with Crippen LogP contribution in [0.25, 0.3) is 0 Å². The normalized spacial score (nSPS) is 12.3. The van der Waals surface area contributed by atoms with E-state index in [1.807, 2.05) is 12.1 Å². The second-order valence-corrected chi connectivity index (χ2v) is 8.06. The van der Waals surface area contributed by atoms with E-state index < -0.39 is 22.0 Å². The Morgan fingerprint density at radius 3 is 2.43 bits per heavy atom. The number of nitrogens with one attached hydrogen (secondary N) is 2. The van der Waals surface area contributed by atoms with Crippen molar-refractivity contribution in [3.05, 3.63) is 53.1 Å². The van der Waals surface area contributed by atoms with E-state index in [1.165, 1.54) is 25.1 Å². The highest BCUT2D eigenvalue weighted by Gasteiger charge is 2.22. The lowest BCUT2D eigenvalue weighted by atomic mass is 10.2. The Morgan fingerprint density at radius 2 is 1.86 bits per heavy atom. The molecule has 0 saturated heterocycles. The van der Waals surface area contributed by atoms with Crippen molar-refractivity contribution in [1.82, 2.24) is 10.0 Å². The Hall–Kier alpha value is -2.29. The molecule has 0 aromatic heterocycles. The Bertz CT molecular complexity index is 916. The van der Waals surface area contributed by atoms with Gasteiger partial charge in [0.2, 0.25) is 15.9 Å². The summed E-state index contributed by atoms with van der Waals surface area (Å²) in [6, 6.07) is 10.4. The summed E-state index contributed by atoms with van der Waals surface area (Å²) < 4.78 is 37.7. The Balaban J connectivity index is 1.98. The molecule has 1 atom stereocenters. The molecule has 2 N–H and O–H groups in total. The van der Waals surface area contributed by atoms with Crippen molar-refractivity contribution in [2.75, 3.05) is 13.7 Å². The number of rotatable bonds is 9. The third kappa shape index (κ3) is 5.85. The topological polar surface area (TPSA) is 93.7 Å². The van der Waals surface area contributed by atoms with Gasteiger partial charge in [0.15, 0.2) is 0 Å². The van der Waals surface area contributed by atoms with Crippen LogP contribution in [0.1, 0.15) is 19.4 Å². The number of methoxy groups -OCH3 is 1. The third-order valence-corrected chi connectivity index (χ3v) is 5.70. The van der Waals surface area contributed by atoms with Crippen LogP contribution in [0.5, 0.6) is 11.5 Å². The van der Waals surface area contributed by atoms with Crippen LogP contribution < -0.4 is 19.5 Å². The molecule has 0 fully saturated rings. The smallest absolute Gasteiger partial charge is 0.241 e. The Kier molecular flexibility index (Phi) is 7.68. The van der Waals surface area contributed by atoms with Gasteiger partial charge in [-0.05, 0) is 49.7 Å². The molecule has 0 heterocycles. The first-order valence-electron chi connectivity index (χ1n) is 8.62. The quantitative estimate of drug-likeness (QED) is 0.643. The second kappa shape index (κ2) is 9.77. The fourth-order valence-corrected chi connectivity index (χ4v) is 3.89. The lowest BCUT2D eigenvalue weighted by Gasteiger charge is -2.15. The van der Waals surface area contributed by atoms with Gasteiger partial charge in [0, 0.05) is 6.54 Å². The molecule has 0 spiro atoms. The predicted octanol–water partition coefficient (Wildman–Crippen LogP) is 2.73. The van der Waals surface area contributed by atoms with Crippen LogP contribution in [0.4, 0.5) is 0 Å². The highest BCUT2D eigenvalue weighted by atomic mass is 35.5. The third-order valence-electron chi connectivity index (χ3n) is 3.86. The number of amides is 1. The molecule has 0 unspecified atom stereocenters. The molecule has 0 bridgehead atoms. The van der Waals surface area contributed by atoms with Crippen molar-refractivity contribution in [3.63, 3.8) is 0 Å². The van der Waals surface area contributed by atoms with Crippen LogP contribution in [0.2, 0.25) is 5.02 Å². The van der Waals surface area contributed by atoms with Gasteiger partial charge in [-0.1, -0.05) is 23.7 Å². The second-order valence-electron chi connectivity index (χ2n) is 5.93. The monoisotopic (exact) mass is 426 g/mol. The maximum absolute atomic E-state index is 12.5. The number of benzene rings is 2. The minimum absolute atomic E-state index is 0.0456. The van der Waals surface area contributed by atoms with E-state index in [0.29, 0.717) is 18.1 Å². The van der Waals surface area contributed by atoms with Gasteiger partial charge in [-0.2, -0.15) is 4.72 Å². The molecular weight excluding hydrogens is 404 g/mol. The molecule has 2 aromatic rings. The Labute approximate surface area is 170 Å². The zero-order chi connectivity index (χ0) is 20.7. The summed E-state index contributed by atoms with van der Waals surface area (Å²) in [5.41, 5.74) is 0.863. The van der Waals surface area contributed by atoms with Crippen molar-refractivity contribution >= 4 is 27.5 Å². The predicted molar refractivity (Wildman–Crippen MR) is 107 cm³/mol. The minimum Gasteiger partial charge on any atom is -0.497 e. The van der Waals surface area contributed by atoms with Gasteiger partial charge in [0.05, 0.1) is 29.7 Å². The van der Waals surface area contributed by atoms with Crippen molar-refractivity contribution in [1.29, 1.82) is 0 Å². The lowest BCUT2D eigenvalue weighted by Crippen LogP contribution is -2.44. The molecule has 152 valence electrons. The summed E-state index contributed by atoms with van der Waals surface area (Å²) >= 11 is 6.05. The first-order valence-corrected chi connectivity index (χ1v) is 10.5. The summed E-state index contributed by atoms with van der Waals surface area (Å²) in [5.74, 6) is 0.662. The van der Waals surface area contributed by atoms with E-state index >= 15 is 0 Å². The van der Waals surface area contributed by atoms with Crippen molar-refractivity contribution < 1.29 is 22.7 Å². The molecule has 0 saturated carbocycles. The first kappa shape index (κ1) is 22.0. The molecule has 2 aromatic carbocycles. The molecular formula is C19H23ClN2O5S. The van der Waals surface area contributed by atoms with E-state index in [-0.39, 0.29) is 16.5 Å². The van der Waals surface area contributed by atoms with Gasteiger partial charge < -0.3 is 14.8 Å². The van der Waals surface area contributed by atoms with Crippen LogP contribution in [-0.2, 0) is 21.4 Å². The highest BCUT2D eigenvalue weighted by Crippen LogP contribution is 2.27. The number of hydrogen-bond donors (Lipinski definition) is 2. The fourth-order valence-electron chi connectivity index (χ4n) is 2.36. The molecule has 9 heteroatoms. The van der Waals surface area contributed by atoms with E-state index in [1.54, 1.807) is 26.2 Å². The van der Waals surface area contributed by atoms with Crippen molar-refractivity contribution in [2.24, 2.45) is 0 Å². The van der Waals surface area contributed by atoms with Gasteiger partial charge in [0.1, 0.15) is 11.5 Å². The number of carbonyl (C=O) groups excluding carboxylic acids is 1. The van der Waals surface area contributed by atoms with Gasteiger partial charge >= 0.3 is 0 Å². The summed E-state index contributed by atoms with van der Waals surface area (Å²) in [4.78, 5) is 12.2. The zero-order valence-corrected chi connectivity index (χ0v) is 17.4. The summed E-state index contributed by atoms with van der Waals surface area (Å²) in [6.07, 6.45) is 0. The van der Waals surface area contributed by atoms with Crippen molar-refractivity contribution in [2.45, 2.75) is 31.3 Å². The zero-order valence-electron chi connectivity index (χ0n) is 15.9. The maximum atomic E-state index is 12.5. The van der Waals surface area contributed by atoms with Gasteiger partial charge in [-0.3, -0.25) is 4.79 Å². The molecule has 0 aliphatic carbocycles. The molecule has 7 nitrogen and oxygen atoms in total. The van der Waals surface area contributed by atoms with E-state index in [0.717, 1.165) is 5.56 Å². The maximum Gasteiger partial charge on any atom is 0.241 e. The summed E-state index contributed by atoms with van der Waals surface area (Å²) in [5, 5.41) is 2.88. The first-order chi connectivity index (χ1) is 13.3. The summed E-state index contributed by atoms with van der Waals surface area (Å²) in [6.45, 7) is 3.95. The average Bonchev–Trinajstić information content (AvgIpc) is 2.67. The number of sulfonamides is 1. The largest absolute Gasteiger partial charge is 0.497 e. The minimum atomic E-state index is -3.92.